The fourth-order valence-corrected chi connectivity index (χ4v) is 2.57. The first-order chi connectivity index (χ1) is 11.9. The molecule has 2 aromatic rings. The molecular formula is C20H24N2O3. The van der Waals surface area contributed by atoms with Crippen molar-refractivity contribution in [1.29, 1.82) is 0 Å². The van der Waals surface area contributed by atoms with Gasteiger partial charge in [-0.25, -0.2) is 0 Å². The van der Waals surface area contributed by atoms with Gasteiger partial charge in [0.15, 0.2) is 0 Å². The van der Waals surface area contributed by atoms with Crippen LogP contribution >= 0.6 is 0 Å². The van der Waals surface area contributed by atoms with Crippen LogP contribution in [0.1, 0.15) is 23.6 Å². The van der Waals surface area contributed by atoms with Gasteiger partial charge in [-0.15, -0.1) is 0 Å². The quantitative estimate of drug-likeness (QED) is 0.878. The molecule has 25 heavy (non-hydrogen) atoms. The van der Waals surface area contributed by atoms with Gasteiger partial charge < -0.3 is 15.0 Å². The summed E-state index contributed by atoms with van der Waals surface area (Å²) in [5.74, 6) is 0.310. The number of methoxy groups -OCH3 is 1. The van der Waals surface area contributed by atoms with Gasteiger partial charge in [0.05, 0.1) is 7.11 Å². The first-order valence-corrected chi connectivity index (χ1v) is 8.16. The normalized spacial score (nSPS) is 10.2. The van der Waals surface area contributed by atoms with Crippen LogP contribution in [-0.4, -0.2) is 30.4 Å². The van der Waals surface area contributed by atoms with E-state index in [-0.39, 0.29) is 18.4 Å². The maximum Gasteiger partial charge on any atom is 0.244 e. The van der Waals surface area contributed by atoms with Gasteiger partial charge in [0, 0.05) is 24.7 Å². The maximum absolute atomic E-state index is 12.4. The predicted molar refractivity (Wildman–Crippen MR) is 98.6 cm³/mol. The van der Waals surface area contributed by atoms with E-state index in [1.54, 1.807) is 7.11 Å². The average Bonchev–Trinajstić information content (AvgIpc) is 2.58. The minimum absolute atomic E-state index is 0.0131. The highest BCUT2D eigenvalue weighted by atomic mass is 16.5. The largest absolute Gasteiger partial charge is 0.496 e. The predicted octanol–water partition coefficient (Wildman–Crippen LogP) is 3.30. The number of benzene rings is 2. The van der Waals surface area contributed by atoms with Crippen LogP contribution in [0.4, 0.5) is 5.69 Å². The zero-order valence-electron chi connectivity index (χ0n) is 15.1. The lowest BCUT2D eigenvalue weighted by atomic mass is 10.1. The topological polar surface area (TPSA) is 58.6 Å². The van der Waals surface area contributed by atoms with Crippen molar-refractivity contribution in [2.24, 2.45) is 0 Å². The summed E-state index contributed by atoms with van der Waals surface area (Å²) in [7, 11) is 1.59. The molecule has 0 spiro atoms. The molecule has 2 rings (SSSR count). The number of para-hydroxylation sites is 1. The van der Waals surface area contributed by atoms with E-state index in [0.29, 0.717) is 12.3 Å². The van der Waals surface area contributed by atoms with Gasteiger partial charge in [0.25, 0.3) is 0 Å². The highest BCUT2D eigenvalue weighted by Gasteiger charge is 2.16. The number of ether oxygens (including phenoxy) is 1. The first-order valence-electron chi connectivity index (χ1n) is 8.16. The molecule has 0 aliphatic rings. The Bertz CT molecular complexity index is 771. The monoisotopic (exact) mass is 340 g/mol. The summed E-state index contributed by atoms with van der Waals surface area (Å²) < 4.78 is 5.32. The van der Waals surface area contributed by atoms with Crippen molar-refractivity contribution in [1.82, 2.24) is 4.90 Å². The van der Waals surface area contributed by atoms with Crippen molar-refractivity contribution in [3.8, 4) is 5.75 Å². The highest BCUT2D eigenvalue weighted by molar-refractivity contribution is 5.95. The third-order valence-corrected chi connectivity index (χ3v) is 4.21. The van der Waals surface area contributed by atoms with Gasteiger partial charge in [0.2, 0.25) is 11.8 Å². The molecule has 2 amide bonds. The van der Waals surface area contributed by atoms with Crippen LogP contribution in [0.25, 0.3) is 0 Å². The number of amides is 2. The SMILES string of the molecule is COc1ccccc1CN(CC(=O)Nc1cccc(C)c1C)C(C)=O. The lowest BCUT2D eigenvalue weighted by Gasteiger charge is -2.22. The number of aryl methyl sites for hydroxylation is 1. The molecule has 5 heteroatoms. The molecule has 0 saturated carbocycles. The van der Waals surface area contributed by atoms with Crippen LogP contribution < -0.4 is 10.1 Å². The number of hydrogen-bond donors (Lipinski definition) is 1. The third kappa shape index (κ3) is 4.83. The molecule has 0 aliphatic carbocycles. The van der Waals surface area contributed by atoms with Crippen molar-refractivity contribution < 1.29 is 14.3 Å². The number of nitrogens with one attached hydrogen (secondary N) is 1. The van der Waals surface area contributed by atoms with Crippen LogP contribution in [0.2, 0.25) is 0 Å². The Labute approximate surface area is 148 Å². The molecule has 0 aliphatic heterocycles. The van der Waals surface area contributed by atoms with Crippen molar-refractivity contribution in [3.63, 3.8) is 0 Å². The van der Waals surface area contributed by atoms with E-state index in [0.717, 1.165) is 22.4 Å². The summed E-state index contributed by atoms with van der Waals surface area (Å²) in [5.41, 5.74) is 3.76. The van der Waals surface area contributed by atoms with Gasteiger partial charge in [0.1, 0.15) is 12.3 Å². The zero-order chi connectivity index (χ0) is 18.4. The standard InChI is InChI=1S/C20H24N2O3/c1-14-8-7-10-18(15(14)2)21-20(24)13-22(16(3)23)12-17-9-5-6-11-19(17)25-4/h5-11H,12-13H2,1-4H3,(H,21,24). The molecule has 5 nitrogen and oxygen atoms in total. The summed E-state index contributed by atoms with van der Waals surface area (Å²) >= 11 is 0. The smallest absolute Gasteiger partial charge is 0.244 e. The first kappa shape index (κ1) is 18.5. The Hall–Kier alpha value is -2.82. The van der Waals surface area contributed by atoms with Crippen molar-refractivity contribution >= 4 is 17.5 Å². The van der Waals surface area contributed by atoms with E-state index in [9.17, 15) is 9.59 Å². The Kier molecular flexibility index (Phi) is 6.17. The van der Waals surface area contributed by atoms with Crippen molar-refractivity contribution in [3.05, 3.63) is 59.2 Å². The number of rotatable bonds is 6. The van der Waals surface area contributed by atoms with Crippen LogP contribution in [0.5, 0.6) is 5.75 Å². The van der Waals surface area contributed by atoms with E-state index in [2.05, 4.69) is 5.32 Å². The van der Waals surface area contributed by atoms with Crippen LogP contribution in [0, 0.1) is 13.8 Å². The second-order valence-electron chi connectivity index (χ2n) is 5.98. The summed E-state index contributed by atoms with van der Waals surface area (Å²) in [4.78, 5) is 25.9. The Balaban J connectivity index is 2.09. The molecule has 0 aromatic heterocycles. The van der Waals surface area contributed by atoms with Gasteiger partial charge in [-0.05, 0) is 37.1 Å². The summed E-state index contributed by atoms with van der Waals surface area (Å²) in [6.07, 6.45) is 0. The second kappa shape index (κ2) is 8.33. The molecule has 1 N–H and O–H groups in total. The number of anilines is 1. The summed E-state index contributed by atoms with van der Waals surface area (Å²) in [6, 6.07) is 13.2. The van der Waals surface area contributed by atoms with Gasteiger partial charge >= 0.3 is 0 Å². The number of carbonyl (C=O) groups excluding carboxylic acids is 2. The molecule has 0 radical (unpaired) electrons. The van der Waals surface area contributed by atoms with E-state index in [1.165, 1.54) is 11.8 Å². The molecule has 0 atom stereocenters. The minimum Gasteiger partial charge on any atom is -0.496 e. The maximum atomic E-state index is 12.4. The zero-order valence-corrected chi connectivity index (χ0v) is 15.1. The van der Waals surface area contributed by atoms with Crippen LogP contribution in [0.3, 0.4) is 0 Å². The van der Waals surface area contributed by atoms with E-state index < -0.39 is 0 Å². The third-order valence-electron chi connectivity index (χ3n) is 4.21. The van der Waals surface area contributed by atoms with Crippen molar-refractivity contribution in [2.75, 3.05) is 19.0 Å². The Morgan fingerprint density at radius 2 is 1.80 bits per heavy atom. The lowest BCUT2D eigenvalue weighted by molar-refractivity contribution is -0.133. The Morgan fingerprint density at radius 1 is 1.08 bits per heavy atom. The van der Waals surface area contributed by atoms with E-state index >= 15 is 0 Å². The molecule has 132 valence electrons. The average molecular weight is 340 g/mol. The molecule has 0 bridgehead atoms. The number of nitrogens with zero attached hydrogens (tertiary/aromatic N) is 1. The molecular weight excluding hydrogens is 316 g/mol. The highest BCUT2D eigenvalue weighted by Crippen LogP contribution is 2.20. The second-order valence-corrected chi connectivity index (χ2v) is 5.98. The minimum atomic E-state index is -0.223. The molecule has 2 aromatic carbocycles. The van der Waals surface area contributed by atoms with Gasteiger partial charge in [-0.2, -0.15) is 0 Å². The van der Waals surface area contributed by atoms with Crippen LogP contribution in [-0.2, 0) is 16.1 Å². The molecule has 0 saturated heterocycles. The summed E-state index contributed by atoms with van der Waals surface area (Å²) in [5, 5.41) is 2.89. The van der Waals surface area contributed by atoms with Gasteiger partial charge in [-0.1, -0.05) is 30.3 Å². The van der Waals surface area contributed by atoms with Crippen LogP contribution in [0.15, 0.2) is 42.5 Å². The fourth-order valence-electron chi connectivity index (χ4n) is 2.57. The van der Waals surface area contributed by atoms with E-state index in [4.69, 9.17) is 4.74 Å². The molecule has 0 heterocycles. The summed E-state index contributed by atoms with van der Waals surface area (Å²) in [6.45, 7) is 5.72. The Morgan fingerprint density at radius 3 is 2.48 bits per heavy atom. The lowest BCUT2D eigenvalue weighted by Crippen LogP contribution is -2.36. The fraction of sp³-hybridized carbons (Fsp3) is 0.300. The van der Waals surface area contributed by atoms with Gasteiger partial charge in [-0.3, -0.25) is 9.59 Å². The molecule has 0 fully saturated rings. The molecule has 0 unspecified atom stereocenters. The van der Waals surface area contributed by atoms with E-state index in [1.807, 2.05) is 56.3 Å². The number of hydrogen-bond acceptors (Lipinski definition) is 3. The number of carbonyl (C=O) groups is 2. The van der Waals surface area contributed by atoms with Crippen molar-refractivity contribution in [2.45, 2.75) is 27.3 Å².